The van der Waals surface area contributed by atoms with Crippen LogP contribution in [0.25, 0.3) is 0 Å². The summed E-state index contributed by atoms with van der Waals surface area (Å²) >= 11 is 0. The Balaban J connectivity index is 2.13. The van der Waals surface area contributed by atoms with Gasteiger partial charge < -0.3 is 10.0 Å². The summed E-state index contributed by atoms with van der Waals surface area (Å²) in [5, 5.41) is 19.1. The molecule has 1 unspecified atom stereocenters. The highest BCUT2D eigenvalue weighted by Gasteiger charge is 2.15. The number of aliphatic hydroxyl groups is 1. The Hall–Kier alpha value is -2.52. The average molecular weight is 272 g/mol. The van der Waals surface area contributed by atoms with Crippen molar-refractivity contribution < 1.29 is 9.50 Å². The van der Waals surface area contributed by atoms with E-state index >= 15 is 0 Å². The van der Waals surface area contributed by atoms with Gasteiger partial charge in [-0.3, -0.25) is 0 Å². The highest BCUT2D eigenvalue weighted by atomic mass is 19.1. The van der Waals surface area contributed by atoms with Gasteiger partial charge in [0.05, 0.1) is 6.10 Å². The molecule has 0 amide bonds. The molecule has 0 radical (unpaired) electrons. The minimum atomic E-state index is -0.811. The van der Waals surface area contributed by atoms with Gasteiger partial charge in [0.25, 0.3) is 0 Å². The molecule has 1 aromatic heterocycles. The highest BCUT2D eigenvalue weighted by Crippen LogP contribution is 2.18. The van der Waals surface area contributed by atoms with Crippen LogP contribution in [0.15, 0.2) is 36.7 Å². The van der Waals surface area contributed by atoms with Crippen LogP contribution in [0.1, 0.15) is 17.4 Å². The van der Waals surface area contributed by atoms with Gasteiger partial charge in [-0.05, 0) is 17.7 Å². The van der Waals surface area contributed by atoms with Crippen LogP contribution < -0.4 is 4.90 Å². The number of hydrogen-bond acceptors (Lipinski definition) is 5. The van der Waals surface area contributed by atoms with Gasteiger partial charge >= 0.3 is 0 Å². The van der Waals surface area contributed by atoms with E-state index in [4.69, 9.17) is 5.26 Å². The molecule has 1 aromatic carbocycles. The fourth-order valence-corrected chi connectivity index (χ4v) is 1.83. The van der Waals surface area contributed by atoms with Crippen molar-refractivity contribution in [3.05, 3.63) is 53.7 Å². The van der Waals surface area contributed by atoms with Crippen molar-refractivity contribution in [3.8, 4) is 6.07 Å². The predicted octanol–water partition coefficient (Wildman–Crippen LogP) is 1.66. The van der Waals surface area contributed by atoms with Crippen molar-refractivity contribution in [1.82, 2.24) is 9.97 Å². The van der Waals surface area contributed by atoms with Gasteiger partial charge in [0.2, 0.25) is 0 Å². The average Bonchev–Trinajstić information content (AvgIpc) is 2.47. The highest BCUT2D eigenvalue weighted by molar-refractivity contribution is 5.48. The third kappa shape index (κ3) is 3.08. The number of rotatable bonds is 4. The van der Waals surface area contributed by atoms with E-state index in [1.165, 1.54) is 36.7 Å². The third-order valence-corrected chi connectivity index (χ3v) is 2.85. The van der Waals surface area contributed by atoms with Crippen molar-refractivity contribution in [1.29, 1.82) is 5.26 Å². The molecule has 0 aliphatic rings. The lowest BCUT2D eigenvalue weighted by atomic mass is 10.1. The number of benzene rings is 1. The molecule has 2 rings (SSSR count). The molecule has 0 bridgehead atoms. The fourth-order valence-electron chi connectivity index (χ4n) is 1.83. The van der Waals surface area contributed by atoms with Crippen LogP contribution in [-0.4, -0.2) is 28.7 Å². The number of likely N-dealkylation sites (N-methyl/N-ethyl adjacent to an activating group) is 1. The maximum atomic E-state index is 12.8. The first-order valence-corrected chi connectivity index (χ1v) is 5.97. The van der Waals surface area contributed by atoms with Gasteiger partial charge in [0.15, 0.2) is 11.5 Å². The lowest BCUT2D eigenvalue weighted by molar-refractivity contribution is 0.184. The van der Waals surface area contributed by atoms with Crippen LogP contribution in [0.3, 0.4) is 0 Å². The fraction of sp³-hybridized carbons (Fsp3) is 0.214. The number of nitrogens with zero attached hydrogens (tertiary/aromatic N) is 4. The first kappa shape index (κ1) is 13.9. The van der Waals surface area contributed by atoms with Crippen LogP contribution in [0.4, 0.5) is 10.2 Å². The summed E-state index contributed by atoms with van der Waals surface area (Å²) in [6.07, 6.45) is 2.11. The van der Waals surface area contributed by atoms with Gasteiger partial charge in [-0.1, -0.05) is 12.1 Å². The molecule has 0 spiro atoms. The van der Waals surface area contributed by atoms with E-state index in [1.807, 2.05) is 6.07 Å². The second-order valence-corrected chi connectivity index (χ2v) is 4.29. The molecule has 0 saturated carbocycles. The number of nitriles is 1. The molecule has 1 N–H and O–H groups in total. The van der Waals surface area contributed by atoms with Crippen LogP contribution >= 0.6 is 0 Å². The standard InChI is InChI=1S/C14H13FN4O/c1-19(14-12(8-16)17-6-7-18-14)9-13(20)10-2-4-11(15)5-3-10/h2-7,13,20H,9H2,1H3. The van der Waals surface area contributed by atoms with Crippen LogP contribution in [0.2, 0.25) is 0 Å². The normalized spacial score (nSPS) is 11.7. The summed E-state index contributed by atoms with van der Waals surface area (Å²) in [6, 6.07) is 7.58. The number of aromatic nitrogens is 2. The SMILES string of the molecule is CN(CC(O)c1ccc(F)cc1)c1nccnc1C#N. The van der Waals surface area contributed by atoms with Crippen molar-refractivity contribution in [3.63, 3.8) is 0 Å². The molecule has 20 heavy (non-hydrogen) atoms. The summed E-state index contributed by atoms with van der Waals surface area (Å²) in [5.41, 5.74) is 0.793. The molecule has 0 saturated heterocycles. The Morgan fingerprint density at radius 3 is 2.60 bits per heavy atom. The summed E-state index contributed by atoms with van der Waals surface area (Å²) < 4.78 is 12.8. The van der Waals surface area contributed by atoms with Crippen LogP contribution in [0, 0.1) is 17.1 Å². The van der Waals surface area contributed by atoms with Gasteiger partial charge in [0, 0.05) is 26.0 Å². The molecule has 5 nitrogen and oxygen atoms in total. The second-order valence-electron chi connectivity index (χ2n) is 4.29. The van der Waals surface area contributed by atoms with Gasteiger partial charge in [-0.2, -0.15) is 5.26 Å². The molecule has 0 aliphatic heterocycles. The summed E-state index contributed by atoms with van der Waals surface area (Å²) in [6.45, 7) is 0.221. The lowest BCUT2D eigenvalue weighted by Gasteiger charge is -2.22. The molecule has 2 aromatic rings. The van der Waals surface area contributed by atoms with E-state index in [-0.39, 0.29) is 18.1 Å². The van der Waals surface area contributed by atoms with E-state index in [0.717, 1.165) is 0 Å². The van der Waals surface area contributed by atoms with Gasteiger partial charge in [0.1, 0.15) is 11.9 Å². The Kier molecular flexibility index (Phi) is 4.23. The van der Waals surface area contributed by atoms with Crippen molar-refractivity contribution in [2.75, 3.05) is 18.5 Å². The zero-order valence-corrected chi connectivity index (χ0v) is 10.9. The van der Waals surface area contributed by atoms with E-state index in [9.17, 15) is 9.50 Å². The van der Waals surface area contributed by atoms with E-state index in [1.54, 1.807) is 11.9 Å². The van der Waals surface area contributed by atoms with E-state index in [0.29, 0.717) is 11.4 Å². The summed E-state index contributed by atoms with van der Waals surface area (Å²) in [7, 11) is 1.71. The first-order chi connectivity index (χ1) is 9.61. The van der Waals surface area contributed by atoms with Crippen LogP contribution in [0.5, 0.6) is 0 Å². The molecule has 6 heteroatoms. The van der Waals surface area contributed by atoms with E-state index in [2.05, 4.69) is 9.97 Å². The maximum absolute atomic E-state index is 12.8. The number of aliphatic hydroxyl groups excluding tert-OH is 1. The quantitative estimate of drug-likeness (QED) is 0.916. The van der Waals surface area contributed by atoms with Crippen molar-refractivity contribution >= 4 is 5.82 Å². The Morgan fingerprint density at radius 1 is 1.30 bits per heavy atom. The topological polar surface area (TPSA) is 73.0 Å². The summed E-state index contributed by atoms with van der Waals surface area (Å²) in [5.74, 6) is 0.0474. The number of halogens is 1. The van der Waals surface area contributed by atoms with Gasteiger partial charge in [-0.15, -0.1) is 0 Å². The molecule has 1 atom stereocenters. The maximum Gasteiger partial charge on any atom is 0.183 e. The van der Waals surface area contributed by atoms with Crippen molar-refractivity contribution in [2.24, 2.45) is 0 Å². The molecular formula is C14H13FN4O. The predicted molar refractivity (Wildman–Crippen MR) is 71.4 cm³/mol. The second kappa shape index (κ2) is 6.08. The minimum Gasteiger partial charge on any atom is -0.387 e. The van der Waals surface area contributed by atoms with Crippen LogP contribution in [-0.2, 0) is 0 Å². The number of hydrogen-bond donors (Lipinski definition) is 1. The minimum absolute atomic E-state index is 0.196. The lowest BCUT2D eigenvalue weighted by Crippen LogP contribution is -2.26. The summed E-state index contributed by atoms with van der Waals surface area (Å²) in [4.78, 5) is 9.63. The third-order valence-electron chi connectivity index (χ3n) is 2.85. The van der Waals surface area contributed by atoms with Crippen molar-refractivity contribution in [2.45, 2.75) is 6.10 Å². The van der Waals surface area contributed by atoms with Gasteiger partial charge in [-0.25, -0.2) is 14.4 Å². The molecule has 0 aliphatic carbocycles. The molecular weight excluding hydrogens is 259 g/mol. The number of anilines is 1. The zero-order chi connectivity index (χ0) is 14.5. The Bertz CT molecular complexity index is 624. The monoisotopic (exact) mass is 272 g/mol. The Labute approximate surface area is 115 Å². The zero-order valence-electron chi connectivity index (χ0n) is 10.9. The smallest absolute Gasteiger partial charge is 0.183 e. The van der Waals surface area contributed by atoms with E-state index < -0.39 is 6.10 Å². The molecule has 1 heterocycles. The largest absolute Gasteiger partial charge is 0.387 e. The Morgan fingerprint density at radius 2 is 1.95 bits per heavy atom. The first-order valence-electron chi connectivity index (χ1n) is 5.97. The molecule has 102 valence electrons. The molecule has 0 fully saturated rings.